The Labute approximate surface area is 133 Å². The quantitative estimate of drug-likeness (QED) is 0.880. The molecule has 120 valence electrons. The highest BCUT2D eigenvalue weighted by Gasteiger charge is 2.17. The molecule has 0 unspecified atom stereocenters. The zero-order valence-electron chi connectivity index (χ0n) is 12.5. The molecule has 1 fully saturated rings. The van der Waals surface area contributed by atoms with Gasteiger partial charge in [-0.2, -0.15) is 0 Å². The predicted molar refractivity (Wildman–Crippen MR) is 82.9 cm³/mol. The Bertz CT molecular complexity index is 715. The minimum atomic E-state index is -1.21. The average molecular weight is 315 g/mol. The van der Waals surface area contributed by atoms with Gasteiger partial charge in [-0.3, -0.25) is 4.79 Å². The largest absolute Gasteiger partial charge is 0.490 e. The Kier molecular flexibility index (Phi) is 4.32. The lowest BCUT2D eigenvalue weighted by atomic mass is 10.2. The molecule has 0 saturated heterocycles. The standard InChI is InChI=1S/C17H17NO5/c19-16(14-8-9-15(23-14)17(20)21)18-11-4-3-7-13(10-11)22-12-5-1-2-6-12/h3-4,7-10,12H,1-2,5-6H2,(H,18,19)(H,20,21). The molecule has 0 spiro atoms. The van der Waals surface area contributed by atoms with E-state index in [0.717, 1.165) is 12.8 Å². The summed E-state index contributed by atoms with van der Waals surface area (Å²) in [4.78, 5) is 22.8. The highest BCUT2D eigenvalue weighted by molar-refractivity contribution is 6.03. The summed E-state index contributed by atoms with van der Waals surface area (Å²) in [6.07, 6.45) is 4.72. The van der Waals surface area contributed by atoms with Crippen LogP contribution >= 0.6 is 0 Å². The number of anilines is 1. The predicted octanol–water partition coefficient (Wildman–Crippen LogP) is 3.55. The number of aromatic carboxylic acids is 1. The van der Waals surface area contributed by atoms with Crippen molar-refractivity contribution in [1.29, 1.82) is 0 Å². The van der Waals surface area contributed by atoms with Crippen LogP contribution in [-0.2, 0) is 0 Å². The first-order valence-electron chi connectivity index (χ1n) is 7.53. The lowest BCUT2D eigenvalue weighted by molar-refractivity contribution is 0.0660. The van der Waals surface area contributed by atoms with Crippen molar-refractivity contribution in [3.05, 3.63) is 47.9 Å². The van der Waals surface area contributed by atoms with Crippen LogP contribution in [0.1, 0.15) is 46.8 Å². The Hall–Kier alpha value is -2.76. The van der Waals surface area contributed by atoms with E-state index in [2.05, 4.69) is 5.32 Å². The molecule has 1 aliphatic carbocycles. The monoisotopic (exact) mass is 315 g/mol. The molecule has 23 heavy (non-hydrogen) atoms. The number of amides is 1. The number of ether oxygens (including phenoxy) is 1. The molecule has 0 bridgehead atoms. The summed E-state index contributed by atoms with van der Waals surface area (Å²) in [6, 6.07) is 9.71. The van der Waals surface area contributed by atoms with E-state index < -0.39 is 11.9 Å². The van der Waals surface area contributed by atoms with E-state index in [1.807, 2.05) is 6.07 Å². The van der Waals surface area contributed by atoms with Gasteiger partial charge in [0.1, 0.15) is 5.75 Å². The number of benzene rings is 1. The van der Waals surface area contributed by atoms with Crippen LogP contribution in [0.25, 0.3) is 0 Å². The van der Waals surface area contributed by atoms with Gasteiger partial charge in [-0.25, -0.2) is 4.79 Å². The molecular formula is C17H17NO5. The van der Waals surface area contributed by atoms with Gasteiger partial charge in [0, 0.05) is 11.8 Å². The molecule has 0 aliphatic heterocycles. The molecule has 1 amide bonds. The number of furan rings is 1. The maximum atomic E-state index is 12.1. The Morgan fingerprint density at radius 1 is 1.13 bits per heavy atom. The van der Waals surface area contributed by atoms with Gasteiger partial charge in [0.05, 0.1) is 6.10 Å². The van der Waals surface area contributed by atoms with E-state index in [-0.39, 0.29) is 17.6 Å². The van der Waals surface area contributed by atoms with Gasteiger partial charge in [-0.05, 0) is 49.9 Å². The molecule has 1 heterocycles. The molecule has 3 rings (SSSR count). The molecule has 6 heteroatoms. The van der Waals surface area contributed by atoms with Crippen molar-refractivity contribution in [1.82, 2.24) is 0 Å². The molecule has 0 radical (unpaired) electrons. The minimum Gasteiger partial charge on any atom is -0.490 e. The van der Waals surface area contributed by atoms with Gasteiger partial charge in [0.2, 0.25) is 5.76 Å². The average Bonchev–Trinajstić information content (AvgIpc) is 3.18. The van der Waals surface area contributed by atoms with Gasteiger partial charge < -0.3 is 19.6 Å². The van der Waals surface area contributed by atoms with E-state index >= 15 is 0 Å². The first-order valence-corrected chi connectivity index (χ1v) is 7.53. The van der Waals surface area contributed by atoms with E-state index in [0.29, 0.717) is 11.4 Å². The topological polar surface area (TPSA) is 88.8 Å². The fraction of sp³-hybridized carbons (Fsp3) is 0.294. The molecule has 6 nitrogen and oxygen atoms in total. The zero-order valence-corrected chi connectivity index (χ0v) is 12.5. The normalized spacial score (nSPS) is 14.6. The molecule has 1 aromatic heterocycles. The number of carbonyl (C=O) groups excluding carboxylic acids is 1. The van der Waals surface area contributed by atoms with Crippen molar-refractivity contribution < 1.29 is 23.8 Å². The highest BCUT2D eigenvalue weighted by Crippen LogP contribution is 2.26. The maximum Gasteiger partial charge on any atom is 0.371 e. The number of hydrogen-bond donors (Lipinski definition) is 2. The smallest absolute Gasteiger partial charge is 0.371 e. The van der Waals surface area contributed by atoms with Gasteiger partial charge in [0.15, 0.2) is 5.76 Å². The first kappa shape index (κ1) is 15.1. The van der Waals surface area contributed by atoms with Crippen LogP contribution in [0.15, 0.2) is 40.8 Å². The summed E-state index contributed by atoms with van der Waals surface area (Å²) in [6.45, 7) is 0. The molecule has 2 aromatic rings. The SMILES string of the molecule is O=C(O)c1ccc(C(=O)Nc2cccc(OC3CCCC3)c2)o1. The number of carbonyl (C=O) groups is 2. The fourth-order valence-corrected chi connectivity index (χ4v) is 2.61. The van der Waals surface area contributed by atoms with E-state index in [1.165, 1.54) is 25.0 Å². The van der Waals surface area contributed by atoms with Crippen LogP contribution in [0.5, 0.6) is 5.75 Å². The molecule has 1 saturated carbocycles. The second-order valence-corrected chi connectivity index (χ2v) is 5.48. The summed E-state index contributed by atoms with van der Waals surface area (Å²) in [5.41, 5.74) is 0.568. The lowest BCUT2D eigenvalue weighted by Crippen LogP contribution is -2.13. The van der Waals surface area contributed by atoms with Crippen molar-refractivity contribution in [2.45, 2.75) is 31.8 Å². The van der Waals surface area contributed by atoms with Crippen LogP contribution in [0.3, 0.4) is 0 Å². The third-order valence-corrected chi connectivity index (χ3v) is 3.74. The van der Waals surface area contributed by atoms with Crippen molar-refractivity contribution in [2.75, 3.05) is 5.32 Å². The van der Waals surface area contributed by atoms with Crippen molar-refractivity contribution >= 4 is 17.6 Å². The number of nitrogens with one attached hydrogen (secondary N) is 1. The summed E-state index contributed by atoms with van der Waals surface area (Å²) >= 11 is 0. The Balaban J connectivity index is 1.66. The fourth-order valence-electron chi connectivity index (χ4n) is 2.61. The first-order chi connectivity index (χ1) is 11.1. The Morgan fingerprint density at radius 3 is 2.57 bits per heavy atom. The van der Waals surface area contributed by atoms with Gasteiger partial charge in [-0.15, -0.1) is 0 Å². The van der Waals surface area contributed by atoms with Crippen LogP contribution in [0, 0.1) is 0 Å². The van der Waals surface area contributed by atoms with Crippen molar-refractivity contribution in [3.63, 3.8) is 0 Å². The Morgan fingerprint density at radius 2 is 1.87 bits per heavy atom. The second kappa shape index (κ2) is 6.56. The van der Waals surface area contributed by atoms with Crippen molar-refractivity contribution in [2.24, 2.45) is 0 Å². The number of hydrogen-bond acceptors (Lipinski definition) is 4. The third kappa shape index (κ3) is 3.71. The van der Waals surface area contributed by atoms with Crippen molar-refractivity contribution in [3.8, 4) is 5.75 Å². The summed E-state index contributed by atoms with van der Waals surface area (Å²) in [5, 5.41) is 11.5. The van der Waals surface area contributed by atoms with E-state index in [1.54, 1.807) is 18.2 Å². The van der Waals surface area contributed by atoms with Crippen LogP contribution in [-0.4, -0.2) is 23.1 Å². The molecular weight excluding hydrogens is 298 g/mol. The maximum absolute atomic E-state index is 12.1. The third-order valence-electron chi connectivity index (χ3n) is 3.74. The molecule has 2 N–H and O–H groups in total. The van der Waals surface area contributed by atoms with Gasteiger partial charge in [0.25, 0.3) is 5.91 Å². The van der Waals surface area contributed by atoms with Gasteiger partial charge in [-0.1, -0.05) is 6.07 Å². The number of carboxylic acid groups (broad SMARTS) is 1. The molecule has 1 aliphatic rings. The summed E-state index contributed by atoms with van der Waals surface area (Å²) < 4.78 is 10.9. The lowest BCUT2D eigenvalue weighted by Gasteiger charge is -2.14. The zero-order chi connectivity index (χ0) is 16.2. The minimum absolute atomic E-state index is 0.0514. The summed E-state index contributed by atoms with van der Waals surface area (Å²) in [7, 11) is 0. The second-order valence-electron chi connectivity index (χ2n) is 5.48. The molecule has 1 aromatic carbocycles. The number of carboxylic acids is 1. The van der Waals surface area contributed by atoms with Crippen LogP contribution < -0.4 is 10.1 Å². The highest BCUT2D eigenvalue weighted by atomic mass is 16.5. The van der Waals surface area contributed by atoms with E-state index in [9.17, 15) is 9.59 Å². The number of rotatable bonds is 5. The van der Waals surface area contributed by atoms with E-state index in [4.69, 9.17) is 14.3 Å². The molecule has 0 atom stereocenters. The van der Waals surface area contributed by atoms with Crippen LogP contribution in [0.4, 0.5) is 5.69 Å². The van der Waals surface area contributed by atoms with Crippen LogP contribution in [0.2, 0.25) is 0 Å². The van der Waals surface area contributed by atoms with Gasteiger partial charge >= 0.3 is 5.97 Å². The summed E-state index contributed by atoms with van der Waals surface area (Å²) in [5.74, 6) is -1.33.